The van der Waals surface area contributed by atoms with E-state index >= 15 is 0 Å². The first kappa shape index (κ1) is 12.2. The molecule has 0 spiro atoms. The molecule has 2 aromatic rings. The van der Waals surface area contributed by atoms with Crippen LogP contribution in [0.15, 0.2) is 60.7 Å². The maximum absolute atomic E-state index is 12.0. The minimum absolute atomic E-state index is 0.0635. The molecule has 0 aromatic heterocycles. The van der Waals surface area contributed by atoms with E-state index in [1.54, 1.807) is 18.2 Å². The Kier molecular flexibility index (Phi) is 2.84. The second-order valence-electron chi connectivity index (χ2n) is 4.23. The quantitative estimate of drug-likeness (QED) is 0.588. The van der Waals surface area contributed by atoms with Crippen LogP contribution in [0.1, 0.15) is 0 Å². The molecule has 98 valence electrons. The topological polar surface area (TPSA) is 52.6 Å². The predicted octanol–water partition coefficient (Wildman–Crippen LogP) is 2.78. The molecule has 0 saturated carbocycles. The summed E-state index contributed by atoms with van der Waals surface area (Å²) in [5.41, 5.74) is 0.0635. The molecule has 0 N–H and O–H groups in total. The van der Waals surface area contributed by atoms with Gasteiger partial charge >= 0.3 is 11.9 Å². The fourth-order valence-electron chi connectivity index (χ4n) is 2.03. The van der Waals surface area contributed by atoms with Gasteiger partial charge in [-0.25, -0.2) is 9.59 Å². The lowest BCUT2D eigenvalue weighted by molar-refractivity contribution is -0.133. The van der Waals surface area contributed by atoms with Crippen LogP contribution >= 0.6 is 0 Å². The number of benzene rings is 2. The van der Waals surface area contributed by atoms with Crippen molar-refractivity contribution in [3.05, 3.63) is 60.7 Å². The third-order valence-corrected chi connectivity index (χ3v) is 2.98. The summed E-state index contributed by atoms with van der Waals surface area (Å²) in [6.45, 7) is 3.48. The van der Waals surface area contributed by atoms with Gasteiger partial charge in [-0.2, -0.15) is 0 Å². The minimum Gasteiger partial charge on any atom is -0.419 e. The van der Waals surface area contributed by atoms with Crippen molar-refractivity contribution in [2.45, 2.75) is 0 Å². The highest BCUT2D eigenvalue weighted by atomic mass is 16.6. The molecule has 4 heteroatoms. The molecule has 0 atom stereocenters. The van der Waals surface area contributed by atoms with Gasteiger partial charge in [-0.1, -0.05) is 43.0 Å². The van der Waals surface area contributed by atoms with Crippen LogP contribution in [0.2, 0.25) is 0 Å². The molecule has 0 bridgehead atoms. The molecule has 0 radical (unpaired) electrons. The molecule has 2 aromatic carbocycles. The van der Waals surface area contributed by atoms with Gasteiger partial charge in [-0.05, 0) is 11.5 Å². The molecule has 4 nitrogen and oxygen atoms in total. The van der Waals surface area contributed by atoms with Crippen LogP contribution in [0, 0.1) is 0 Å². The third-order valence-electron chi connectivity index (χ3n) is 2.98. The Balaban J connectivity index is 2.23. The van der Waals surface area contributed by atoms with Gasteiger partial charge in [0.1, 0.15) is 0 Å². The predicted molar refractivity (Wildman–Crippen MR) is 73.5 cm³/mol. The van der Waals surface area contributed by atoms with E-state index < -0.39 is 11.9 Å². The van der Waals surface area contributed by atoms with Crippen molar-refractivity contribution in [1.29, 1.82) is 0 Å². The first-order valence-corrected chi connectivity index (χ1v) is 5.99. The Labute approximate surface area is 114 Å². The number of rotatable bonds is 1. The second-order valence-corrected chi connectivity index (χ2v) is 4.23. The average Bonchev–Trinajstić information content (AvgIpc) is 2.45. The van der Waals surface area contributed by atoms with Gasteiger partial charge in [0.15, 0.2) is 11.5 Å². The van der Waals surface area contributed by atoms with Gasteiger partial charge in [-0.15, -0.1) is 0 Å². The van der Waals surface area contributed by atoms with E-state index in [0.717, 1.165) is 11.5 Å². The van der Waals surface area contributed by atoms with Gasteiger partial charge < -0.3 is 9.47 Å². The van der Waals surface area contributed by atoms with Crippen LogP contribution in [0.4, 0.5) is 0 Å². The van der Waals surface area contributed by atoms with Crippen LogP contribution in [0.5, 0.6) is 11.5 Å². The van der Waals surface area contributed by atoms with Crippen molar-refractivity contribution < 1.29 is 19.1 Å². The molecule has 0 amide bonds. The molecule has 1 aliphatic heterocycles. The summed E-state index contributed by atoms with van der Waals surface area (Å²) < 4.78 is 10.5. The van der Waals surface area contributed by atoms with E-state index in [2.05, 4.69) is 6.58 Å². The number of fused-ring (bicyclic) bond motifs is 3. The highest BCUT2D eigenvalue weighted by molar-refractivity contribution is 6.04. The summed E-state index contributed by atoms with van der Waals surface area (Å²) in [5.74, 6) is -0.794. The molecular formula is C16H10O4. The molecule has 0 aliphatic carbocycles. The standard InChI is InChI=1S/C16H10O4/c1-2-10-9-14(17)19-13-8-7-11-5-3-4-6-12(11)15(13)20-16(10)18/h2-9H,1H2/b10-9-. The van der Waals surface area contributed by atoms with Crippen molar-refractivity contribution >= 4 is 22.7 Å². The van der Waals surface area contributed by atoms with Crippen LogP contribution in [-0.2, 0) is 9.59 Å². The highest BCUT2D eigenvalue weighted by Gasteiger charge is 2.21. The summed E-state index contributed by atoms with van der Waals surface area (Å²) in [7, 11) is 0. The van der Waals surface area contributed by atoms with Crippen LogP contribution < -0.4 is 9.47 Å². The summed E-state index contributed by atoms with van der Waals surface area (Å²) >= 11 is 0. The van der Waals surface area contributed by atoms with E-state index in [-0.39, 0.29) is 17.1 Å². The fraction of sp³-hybridized carbons (Fsp3) is 0. The van der Waals surface area contributed by atoms with E-state index in [1.807, 2.05) is 18.2 Å². The molecular weight excluding hydrogens is 256 g/mol. The number of hydrogen-bond donors (Lipinski definition) is 0. The van der Waals surface area contributed by atoms with Crippen molar-refractivity contribution in [1.82, 2.24) is 0 Å². The first-order valence-electron chi connectivity index (χ1n) is 5.99. The Bertz CT molecular complexity index is 771. The Hall–Kier alpha value is -2.88. The van der Waals surface area contributed by atoms with Crippen LogP contribution in [0.25, 0.3) is 10.8 Å². The molecule has 0 unspecified atom stereocenters. The number of carbonyl (C=O) groups excluding carboxylic acids is 2. The summed E-state index contributed by atoms with van der Waals surface area (Å²) in [4.78, 5) is 23.7. The molecule has 0 saturated heterocycles. The maximum Gasteiger partial charge on any atom is 0.343 e. The number of ether oxygens (including phenoxy) is 2. The van der Waals surface area contributed by atoms with Crippen LogP contribution in [-0.4, -0.2) is 11.9 Å². The van der Waals surface area contributed by atoms with Crippen LogP contribution in [0.3, 0.4) is 0 Å². The molecule has 20 heavy (non-hydrogen) atoms. The second kappa shape index (κ2) is 4.66. The van der Waals surface area contributed by atoms with Gasteiger partial charge in [0.2, 0.25) is 0 Å². The zero-order chi connectivity index (χ0) is 14.1. The number of hydrogen-bond acceptors (Lipinski definition) is 4. The molecule has 0 fully saturated rings. The Morgan fingerprint density at radius 1 is 1.00 bits per heavy atom. The largest absolute Gasteiger partial charge is 0.419 e. The number of esters is 2. The summed E-state index contributed by atoms with van der Waals surface area (Å²) in [6.07, 6.45) is 2.33. The summed E-state index contributed by atoms with van der Waals surface area (Å²) in [6, 6.07) is 10.8. The zero-order valence-electron chi connectivity index (χ0n) is 10.5. The highest BCUT2D eigenvalue weighted by Crippen LogP contribution is 2.37. The molecule has 1 heterocycles. The van der Waals surface area contributed by atoms with E-state index in [4.69, 9.17) is 9.47 Å². The Morgan fingerprint density at radius 2 is 1.80 bits per heavy atom. The van der Waals surface area contributed by atoms with Crippen molar-refractivity contribution in [3.8, 4) is 11.5 Å². The molecule has 1 aliphatic rings. The van der Waals surface area contributed by atoms with Crippen molar-refractivity contribution in [3.63, 3.8) is 0 Å². The van der Waals surface area contributed by atoms with E-state index in [9.17, 15) is 9.59 Å². The van der Waals surface area contributed by atoms with Gasteiger partial charge in [-0.3, -0.25) is 0 Å². The Morgan fingerprint density at radius 3 is 2.60 bits per heavy atom. The maximum atomic E-state index is 12.0. The van der Waals surface area contributed by atoms with Crippen molar-refractivity contribution in [2.75, 3.05) is 0 Å². The molecule has 3 rings (SSSR count). The normalized spacial score (nSPS) is 17.1. The van der Waals surface area contributed by atoms with Gasteiger partial charge in [0.05, 0.1) is 5.57 Å². The zero-order valence-corrected chi connectivity index (χ0v) is 10.5. The lowest BCUT2D eigenvalue weighted by Gasteiger charge is -2.15. The van der Waals surface area contributed by atoms with Gasteiger partial charge in [0.25, 0.3) is 0 Å². The SMILES string of the molecule is C=C/C1=C/C(=O)Oc2ccc3ccccc3c2OC1=O. The monoisotopic (exact) mass is 266 g/mol. The summed E-state index contributed by atoms with van der Waals surface area (Å²) in [5, 5.41) is 1.59. The lowest BCUT2D eigenvalue weighted by Crippen LogP contribution is -2.17. The fourth-order valence-corrected chi connectivity index (χ4v) is 2.03. The van der Waals surface area contributed by atoms with Crippen molar-refractivity contribution in [2.24, 2.45) is 0 Å². The van der Waals surface area contributed by atoms with E-state index in [1.165, 1.54) is 6.08 Å². The van der Waals surface area contributed by atoms with Gasteiger partial charge in [0, 0.05) is 11.5 Å². The smallest absolute Gasteiger partial charge is 0.343 e. The number of carbonyl (C=O) groups is 2. The third kappa shape index (κ3) is 1.97. The minimum atomic E-state index is -0.631. The van der Waals surface area contributed by atoms with E-state index in [0.29, 0.717) is 5.39 Å². The first-order chi connectivity index (χ1) is 9.69. The lowest BCUT2D eigenvalue weighted by atomic mass is 10.1. The average molecular weight is 266 g/mol.